The highest BCUT2D eigenvalue weighted by molar-refractivity contribution is 5.77. The van der Waals surface area contributed by atoms with E-state index in [0.29, 0.717) is 32.5 Å². The van der Waals surface area contributed by atoms with Crippen LogP contribution in [0, 0.1) is 0 Å². The van der Waals surface area contributed by atoms with Gasteiger partial charge in [-0.25, -0.2) is 0 Å². The second-order valence-corrected chi connectivity index (χ2v) is 8.24. The molecule has 6 heteroatoms. The summed E-state index contributed by atoms with van der Waals surface area (Å²) in [4.78, 5) is 12.8. The van der Waals surface area contributed by atoms with E-state index in [1.54, 1.807) is 7.11 Å². The van der Waals surface area contributed by atoms with Gasteiger partial charge in [0.25, 0.3) is 0 Å². The van der Waals surface area contributed by atoms with Crippen molar-refractivity contribution in [3.05, 3.63) is 47.5 Å². The van der Waals surface area contributed by atoms with Gasteiger partial charge in [-0.3, -0.25) is 4.79 Å². The minimum atomic E-state index is -0.376. The third-order valence-electron chi connectivity index (χ3n) is 5.26. The summed E-state index contributed by atoms with van der Waals surface area (Å²) >= 11 is 0. The van der Waals surface area contributed by atoms with Crippen LogP contribution in [0.25, 0.3) is 0 Å². The molecule has 0 bridgehead atoms. The molecule has 3 rings (SSSR count). The average molecular weight is 428 g/mol. The van der Waals surface area contributed by atoms with E-state index in [-0.39, 0.29) is 17.6 Å². The number of nitrogens with one attached hydrogen (secondary N) is 1. The van der Waals surface area contributed by atoms with Gasteiger partial charge >= 0.3 is 0 Å². The third kappa shape index (κ3) is 5.84. The van der Waals surface area contributed by atoms with E-state index in [1.807, 2.05) is 64.1 Å². The monoisotopic (exact) mass is 427 g/mol. The van der Waals surface area contributed by atoms with Gasteiger partial charge in [0, 0.05) is 24.5 Å². The number of fused-ring (bicyclic) bond motifs is 1. The Kier molecular flexibility index (Phi) is 7.31. The first kappa shape index (κ1) is 22.8. The molecule has 0 fully saturated rings. The fraction of sp³-hybridized carbons (Fsp3) is 0.480. The Morgan fingerprint density at radius 2 is 1.84 bits per heavy atom. The lowest BCUT2D eigenvalue weighted by molar-refractivity contribution is -0.122. The molecule has 1 aliphatic rings. The summed E-state index contributed by atoms with van der Waals surface area (Å²) in [5.74, 6) is 2.96. The lowest BCUT2D eigenvalue weighted by Gasteiger charge is -2.38. The molecule has 0 saturated carbocycles. The molecule has 2 aromatic rings. The van der Waals surface area contributed by atoms with Crippen LogP contribution in [0.4, 0.5) is 0 Å². The van der Waals surface area contributed by atoms with Gasteiger partial charge < -0.3 is 24.3 Å². The third-order valence-corrected chi connectivity index (χ3v) is 5.26. The van der Waals surface area contributed by atoms with Gasteiger partial charge in [0.05, 0.1) is 26.4 Å². The first-order valence-corrected chi connectivity index (χ1v) is 10.9. The highest BCUT2D eigenvalue weighted by Gasteiger charge is 2.34. The van der Waals surface area contributed by atoms with Crippen LogP contribution < -0.4 is 24.3 Å². The lowest BCUT2D eigenvalue weighted by Crippen LogP contribution is -2.41. The maximum atomic E-state index is 12.8. The molecule has 0 radical (unpaired) electrons. The molecular formula is C25H33NO5. The number of hydrogen-bond acceptors (Lipinski definition) is 5. The Hall–Kier alpha value is -2.89. The zero-order valence-corrected chi connectivity index (χ0v) is 19.1. The van der Waals surface area contributed by atoms with E-state index in [4.69, 9.17) is 18.9 Å². The van der Waals surface area contributed by atoms with E-state index < -0.39 is 0 Å². The first-order valence-electron chi connectivity index (χ1n) is 10.9. The van der Waals surface area contributed by atoms with Crippen LogP contribution in [0.1, 0.15) is 57.7 Å². The van der Waals surface area contributed by atoms with E-state index in [2.05, 4.69) is 5.32 Å². The molecular weight excluding hydrogens is 394 g/mol. The van der Waals surface area contributed by atoms with Gasteiger partial charge in [-0.2, -0.15) is 0 Å². The smallest absolute Gasteiger partial charge is 0.220 e. The van der Waals surface area contributed by atoms with Crippen molar-refractivity contribution in [1.82, 2.24) is 5.32 Å². The highest BCUT2D eigenvalue weighted by Crippen LogP contribution is 2.41. The fourth-order valence-corrected chi connectivity index (χ4v) is 3.86. The van der Waals surface area contributed by atoms with Gasteiger partial charge in [-0.05, 0) is 63.9 Å². The maximum absolute atomic E-state index is 12.8. The predicted molar refractivity (Wildman–Crippen MR) is 120 cm³/mol. The van der Waals surface area contributed by atoms with E-state index in [0.717, 1.165) is 34.1 Å². The summed E-state index contributed by atoms with van der Waals surface area (Å²) in [6.07, 6.45) is 1.72. The van der Waals surface area contributed by atoms with Gasteiger partial charge in [0.1, 0.15) is 17.1 Å². The number of amides is 1. The van der Waals surface area contributed by atoms with Crippen molar-refractivity contribution in [3.8, 4) is 23.0 Å². The number of carbonyl (C=O) groups is 1. The van der Waals surface area contributed by atoms with Gasteiger partial charge in [-0.1, -0.05) is 6.07 Å². The summed E-state index contributed by atoms with van der Waals surface area (Å²) in [5, 5.41) is 3.19. The molecule has 31 heavy (non-hydrogen) atoms. The topological polar surface area (TPSA) is 66.0 Å². The van der Waals surface area contributed by atoms with Crippen LogP contribution in [0.15, 0.2) is 36.4 Å². The Balaban J connectivity index is 1.67. The number of hydrogen-bond donors (Lipinski definition) is 1. The Morgan fingerprint density at radius 3 is 2.55 bits per heavy atom. The maximum Gasteiger partial charge on any atom is 0.220 e. The molecule has 0 spiro atoms. The highest BCUT2D eigenvalue weighted by atomic mass is 16.5. The fourth-order valence-electron chi connectivity index (χ4n) is 3.86. The van der Waals surface area contributed by atoms with Crippen molar-refractivity contribution in [2.75, 3.05) is 20.3 Å². The molecule has 0 aromatic heterocycles. The number of carbonyl (C=O) groups excluding carboxylic acids is 1. The predicted octanol–water partition coefficient (Wildman–Crippen LogP) is 4.84. The molecule has 6 nitrogen and oxygen atoms in total. The molecule has 1 aliphatic heterocycles. The second-order valence-electron chi connectivity index (χ2n) is 8.24. The summed E-state index contributed by atoms with van der Waals surface area (Å²) in [6.45, 7) is 9.09. The minimum Gasteiger partial charge on any atom is -0.497 e. The van der Waals surface area contributed by atoms with E-state index >= 15 is 0 Å². The number of aryl methyl sites for hydroxylation is 1. The molecule has 1 atom stereocenters. The number of ether oxygens (including phenoxy) is 4. The van der Waals surface area contributed by atoms with Crippen LogP contribution in [0.5, 0.6) is 23.0 Å². The minimum absolute atomic E-state index is 0.0105. The van der Waals surface area contributed by atoms with Crippen molar-refractivity contribution >= 4 is 5.91 Å². The summed E-state index contributed by atoms with van der Waals surface area (Å²) < 4.78 is 22.7. The van der Waals surface area contributed by atoms with Crippen molar-refractivity contribution in [2.24, 2.45) is 0 Å². The standard InChI is InChI=1S/C25H33NO5/c1-6-29-21-12-8-17(14-23(21)30-7-2)9-13-24(27)26-20-16-25(3,4)31-22-15-18(28-5)10-11-19(20)22/h8,10-12,14-15,20H,6-7,9,13,16H2,1-5H3,(H,26,27)/t20-/m0/s1. The zero-order valence-electron chi connectivity index (χ0n) is 19.1. The molecule has 1 amide bonds. The molecule has 0 unspecified atom stereocenters. The zero-order chi connectivity index (χ0) is 22.4. The summed E-state index contributed by atoms with van der Waals surface area (Å²) in [5.41, 5.74) is 1.64. The van der Waals surface area contributed by atoms with E-state index in [1.165, 1.54) is 0 Å². The number of rotatable bonds is 9. The van der Waals surface area contributed by atoms with Gasteiger partial charge in [0.15, 0.2) is 11.5 Å². The normalized spacial score (nSPS) is 16.6. The lowest BCUT2D eigenvalue weighted by atomic mass is 9.89. The van der Waals surface area contributed by atoms with Crippen molar-refractivity contribution in [3.63, 3.8) is 0 Å². The largest absolute Gasteiger partial charge is 0.497 e. The Labute approximate surface area is 184 Å². The van der Waals surface area contributed by atoms with Crippen LogP contribution in [0.2, 0.25) is 0 Å². The molecule has 1 N–H and O–H groups in total. The summed E-state index contributed by atoms with van der Waals surface area (Å²) in [7, 11) is 1.63. The van der Waals surface area contributed by atoms with Crippen LogP contribution in [0.3, 0.4) is 0 Å². The van der Waals surface area contributed by atoms with Crippen LogP contribution >= 0.6 is 0 Å². The summed E-state index contributed by atoms with van der Waals surface area (Å²) in [6, 6.07) is 11.5. The second kappa shape index (κ2) is 9.94. The number of benzene rings is 2. The molecule has 168 valence electrons. The van der Waals surface area contributed by atoms with Crippen molar-refractivity contribution in [1.29, 1.82) is 0 Å². The van der Waals surface area contributed by atoms with Crippen LogP contribution in [-0.2, 0) is 11.2 Å². The Bertz CT molecular complexity index is 909. The van der Waals surface area contributed by atoms with Crippen molar-refractivity contribution < 1.29 is 23.7 Å². The SMILES string of the molecule is CCOc1ccc(CCC(=O)N[C@H]2CC(C)(C)Oc3cc(OC)ccc32)cc1OCC. The van der Waals surface area contributed by atoms with E-state index in [9.17, 15) is 4.79 Å². The molecule has 0 aliphatic carbocycles. The quantitative estimate of drug-likeness (QED) is 0.620. The van der Waals surface area contributed by atoms with Gasteiger partial charge in [-0.15, -0.1) is 0 Å². The molecule has 2 aromatic carbocycles. The number of methoxy groups -OCH3 is 1. The van der Waals surface area contributed by atoms with Crippen LogP contribution in [-0.4, -0.2) is 31.8 Å². The molecule has 1 heterocycles. The van der Waals surface area contributed by atoms with Crippen molar-refractivity contribution in [2.45, 2.75) is 58.6 Å². The first-order chi connectivity index (χ1) is 14.8. The molecule has 0 saturated heterocycles. The van der Waals surface area contributed by atoms with Gasteiger partial charge in [0.2, 0.25) is 5.91 Å². The average Bonchev–Trinajstić information content (AvgIpc) is 2.73. The Morgan fingerprint density at radius 1 is 1.10 bits per heavy atom.